The van der Waals surface area contributed by atoms with Crippen molar-refractivity contribution in [1.29, 1.82) is 0 Å². The molecule has 0 aromatic heterocycles. The highest BCUT2D eigenvalue weighted by atomic mass is 19.4. The van der Waals surface area contributed by atoms with Gasteiger partial charge in [0.1, 0.15) is 5.82 Å². The number of aldehydes is 1. The van der Waals surface area contributed by atoms with E-state index in [9.17, 15) is 35.5 Å². The van der Waals surface area contributed by atoms with Gasteiger partial charge in [-0.05, 0) is 12.1 Å². The number of halogens is 7. The van der Waals surface area contributed by atoms with Crippen LogP contribution in [0.25, 0.3) is 0 Å². The lowest BCUT2D eigenvalue weighted by molar-refractivity contribution is -0.376. The Balaban J connectivity index is 3.56. The summed E-state index contributed by atoms with van der Waals surface area (Å²) in [5.41, 5.74) is -7.88. The molecule has 106 valence electrons. The first-order valence-corrected chi connectivity index (χ1v) is 4.56. The molecule has 0 atom stereocenters. The molecule has 1 rings (SSSR count). The molecule has 0 saturated heterocycles. The highest BCUT2D eigenvalue weighted by Crippen LogP contribution is 2.50. The lowest BCUT2D eigenvalue weighted by Gasteiger charge is -2.32. The van der Waals surface area contributed by atoms with Crippen molar-refractivity contribution in [3.63, 3.8) is 0 Å². The fraction of sp³-hybridized carbons (Fsp3) is 0.300. The van der Waals surface area contributed by atoms with E-state index < -0.39 is 34.9 Å². The summed E-state index contributed by atoms with van der Waals surface area (Å²) in [6.07, 6.45) is -12.4. The highest BCUT2D eigenvalue weighted by molar-refractivity contribution is 5.75. The molecular formula is C10H5F7O2. The van der Waals surface area contributed by atoms with Gasteiger partial charge in [-0.25, -0.2) is 4.39 Å². The summed E-state index contributed by atoms with van der Waals surface area (Å²) in [5.74, 6) is -1.30. The molecule has 0 fully saturated rings. The van der Waals surface area contributed by atoms with E-state index in [0.29, 0.717) is 0 Å². The Hall–Kier alpha value is -1.64. The van der Waals surface area contributed by atoms with Crippen LogP contribution >= 0.6 is 0 Å². The number of rotatable bonds is 2. The molecular weight excluding hydrogens is 285 g/mol. The lowest BCUT2D eigenvalue weighted by atomic mass is 9.91. The minimum Gasteiger partial charge on any atom is -0.369 e. The van der Waals surface area contributed by atoms with Gasteiger partial charge in [0.2, 0.25) is 0 Å². The first kappa shape index (κ1) is 15.4. The Morgan fingerprint density at radius 3 is 1.84 bits per heavy atom. The number of benzene rings is 1. The zero-order chi connectivity index (χ0) is 15.1. The van der Waals surface area contributed by atoms with Crippen LogP contribution in [0.4, 0.5) is 30.7 Å². The molecule has 0 unspecified atom stereocenters. The Morgan fingerprint density at radius 2 is 1.47 bits per heavy atom. The van der Waals surface area contributed by atoms with Gasteiger partial charge in [-0.2, -0.15) is 26.3 Å². The van der Waals surface area contributed by atoms with Gasteiger partial charge in [-0.1, -0.05) is 6.07 Å². The summed E-state index contributed by atoms with van der Waals surface area (Å²) >= 11 is 0. The molecule has 0 aliphatic carbocycles. The van der Waals surface area contributed by atoms with Gasteiger partial charge in [0.25, 0.3) is 5.60 Å². The third-order valence-electron chi connectivity index (χ3n) is 2.36. The highest BCUT2D eigenvalue weighted by Gasteiger charge is 2.71. The van der Waals surface area contributed by atoms with Crippen molar-refractivity contribution in [1.82, 2.24) is 0 Å². The molecule has 0 heterocycles. The van der Waals surface area contributed by atoms with Gasteiger partial charge in [-0.3, -0.25) is 4.79 Å². The van der Waals surface area contributed by atoms with Gasteiger partial charge >= 0.3 is 12.4 Å². The lowest BCUT2D eigenvalue weighted by Crippen LogP contribution is -2.54. The molecule has 19 heavy (non-hydrogen) atoms. The average molecular weight is 290 g/mol. The van der Waals surface area contributed by atoms with Crippen LogP contribution in [0.3, 0.4) is 0 Å². The van der Waals surface area contributed by atoms with Crippen LogP contribution < -0.4 is 0 Å². The number of aliphatic hydroxyl groups is 1. The van der Waals surface area contributed by atoms with E-state index in [1.54, 1.807) is 0 Å². The van der Waals surface area contributed by atoms with Crippen LogP contribution in [0.2, 0.25) is 0 Å². The van der Waals surface area contributed by atoms with Gasteiger partial charge < -0.3 is 5.11 Å². The van der Waals surface area contributed by atoms with Crippen molar-refractivity contribution in [2.75, 3.05) is 0 Å². The van der Waals surface area contributed by atoms with E-state index in [2.05, 4.69) is 0 Å². The van der Waals surface area contributed by atoms with E-state index in [1.807, 2.05) is 0 Å². The van der Waals surface area contributed by atoms with Crippen LogP contribution in [0.15, 0.2) is 18.2 Å². The number of carbonyl (C=O) groups is 1. The Kier molecular flexibility index (Phi) is 3.63. The Morgan fingerprint density at radius 1 is 1.00 bits per heavy atom. The molecule has 1 N–H and O–H groups in total. The van der Waals surface area contributed by atoms with E-state index in [-0.39, 0.29) is 24.5 Å². The van der Waals surface area contributed by atoms with Crippen molar-refractivity contribution < 1.29 is 40.6 Å². The quantitative estimate of drug-likeness (QED) is 0.671. The van der Waals surface area contributed by atoms with Crippen molar-refractivity contribution >= 4 is 6.29 Å². The van der Waals surface area contributed by atoms with Crippen LogP contribution in [-0.2, 0) is 5.60 Å². The van der Waals surface area contributed by atoms with Crippen LogP contribution in [0, 0.1) is 5.82 Å². The minimum absolute atomic E-state index is 0.00329. The van der Waals surface area contributed by atoms with E-state index in [0.717, 1.165) is 0 Å². The first-order chi connectivity index (χ1) is 8.45. The number of carbonyl (C=O) groups excluding carboxylic acids is 1. The standard InChI is InChI=1S/C10H5F7O2/c11-7-2-1-6(3-5(7)4-18)8(19,9(12,13)14)10(15,16)17/h1-4,19H. The average Bonchev–Trinajstić information content (AvgIpc) is 2.25. The monoisotopic (exact) mass is 290 g/mol. The zero-order valence-electron chi connectivity index (χ0n) is 8.81. The maximum absolute atomic E-state index is 12.9. The summed E-state index contributed by atoms with van der Waals surface area (Å²) in [6.45, 7) is 0. The topological polar surface area (TPSA) is 37.3 Å². The van der Waals surface area contributed by atoms with Crippen molar-refractivity contribution in [3.8, 4) is 0 Å². The largest absolute Gasteiger partial charge is 0.430 e. The van der Waals surface area contributed by atoms with Gasteiger partial charge in [0, 0.05) is 5.56 Å². The third kappa shape index (κ3) is 2.42. The molecule has 0 amide bonds. The number of alkyl halides is 6. The molecule has 1 aromatic rings. The third-order valence-corrected chi connectivity index (χ3v) is 2.36. The maximum Gasteiger partial charge on any atom is 0.430 e. The zero-order valence-corrected chi connectivity index (χ0v) is 8.81. The maximum atomic E-state index is 12.9. The summed E-state index contributed by atoms with van der Waals surface area (Å²) < 4.78 is 87.7. The van der Waals surface area contributed by atoms with E-state index in [1.165, 1.54) is 0 Å². The summed E-state index contributed by atoms with van der Waals surface area (Å²) in [6, 6.07) is 0.355. The molecule has 0 saturated carbocycles. The summed E-state index contributed by atoms with van der Waals surface area (Å²) in [5, 5.41) is 8.98. The van der Waals surface area contributed by atoms with Crippen LogP contribution in [-0.4, -0.2) is 23.7 Å². The number of hydrogen-bond donors (Lipinski definition) is 1. The molecule has 0 bridgehead atoms. The minimum atomic E-state index is -6.08. The van der Waals surface area contributed by atoms with E-state index >= 15 is 0 Å². The SMILES string of the molecule is O=Cc1cc(C(O)(C(F)(F)F)C(F)(F)F)ccc1F. The van der Waals surface area contributed by atoms with Gasteiger partial charge in [-0.15, -0.1) is 0 Å². The molecule has 0 spiro atoms. The fourth-order valence-electron chi connectivity index (χ4n) is 1.35. The summed E-state index contributed by atoms with van der Waals surface area (Å²) in [4.78, 5) is 10.3. The number of hydrogen-bond acceptors (Lipinski definition) is 2. The second-order valence-electron chi connectivity index (χ2n) is 3.56. The Bertz CT molecular complexity index is 476. The molecule has 0 aliphatic heterocycles. The second kappa shape index (κ2) is 4.48. The van der Waals surface area contributed by atoms with Crippen molar-refractivity contribution in [2.45, 2.75) is 18.0 Å². The van der Waals surface area contributed by atoms with Crippen LogP contribution in [0.5, 0.6) is 0 Å². The second-order valence-corrected chi connectivity index (χ2v) is 3.56. The molecule has 1 aromatic carbocycles. The van der Waals surface area contributed by atoms with Crippen molar-refractivity contribution in [3.05, 3.63) is 35.1 Å². The van der Waals surface area contributed by atoms with Gasteiger partial charge in [0.05, 0.1) is 5.56 Å². The normalized spacial score (nSPS) is 13.5. The molecule has 0 radical (unpaired) electrons. The van der Waals surface area contributed by atoms with Crippen LogP contribution in [0.1, 0.15) is 15.9 Å². The predicted octanol–water partition coefficient (Wildman–Crippen LogP) is 2.95. The van der Waals surface area contributed by atoms with Gasteiger partial charge in [0.15, 0.2) is 6.29 Å². The predicted molar refractivity (Wildman–Crippen MR) is 47.8 cm³/mol. The molecule has 2 nitrogen and oxygen atoms in total. The molecule has 9 heteroatoms. The fourth-order valence-corrected chi connectivity index (χ4v) is 1.35. The Labute approximate surface area is 101 Å². The van der Waals surface area contributed by atoms with Crippen molar-refractivity contribution in [2.24, 2.45) is 0 Å². The smallest absolute Gasteiger partial charge is 0.369 e. The first-order valence-electron chi connectivity index (χ1n) is 4.56. The summed E-state index contributed by atoms with van der Waals surface area (Å²) in [7, 11) is 0. The van der Waals surface area contributed by atoms with E-state index in [4.69, 9.17) is 5.11 Å². The molecule has 0 aliphatic rings.